The quantitative estimate of drug-likeness (QED) is 0.260. The fourth-order valence-corrected chi connectivity index (χ4v) is 3.45. The van der Waals surface area contributed by atoms with Gasteiger partial charge in [0.25, 0.3) is 0 Å². The summed E-state index contributed by atoms with van der Waals surface area (Å²) in [4.78, 5) is 38.4. The third-order valence-corrected chi connectivity index (χ3v) is 4.98. The van der Waals surface area contributed by atoms with Crippen LogP contribution in [0.1, 0.15) is 87.1 Å². The largest absolute Gasteiger partial charge is 0.491 e. The summed E-state index contributed by atoms with van der Waals surface area (Å²) in [7, 11) is 0. The zero-order chi connectivity index (χ0) is 29.1. The number of alkyl halides is 1. The Hall–Kier alpha value is -2.84. The van der Waals surface area contributed by atoms with Crippen LogP contribution < -0.4 is 10.1 Å². The number of carbonyl (C=O) groups excluding carboxylic acids is 3. The molecular formula is C29H46FNO7. The first-order valence-corrected chi connectivity index (χ1v) is 13.1. The van der Waals surface area contributed by atoms with Crippen molar-refractivity contribution in [1.29, 1.82) is 0 Å². The topological polar surface area (TPSA) is 100 Å². The van der Waals surface area contributed by atoms with Crippen LogP contribution in [0.2, 0.25) is 0 Å². The first-order valence-electron chi connectivity index (χ1n) is 13.1. The van der Waals surface area contributed by atoms with Crippen LogP contribution in [0.5, 0.6) is 5.75 Å². The minimum atomic E-state index is -0.999. The zero-order valence-electron chi connectivity index (χ0n) is 24.4. The van der Waals surface area contributed by atoms with Gasteiger partial charge in [0.2, 0.25) is 0 Å². The summed E-state index contributed by atoms with van der Waals surface area (Å²) in [5, 5.41) is 2.61. The molecule has 1 amide bonds. The molecule has 1 N–H and O–H groups in total. The maximum absolute atomic E-state index is 13.1. The molecule has 1 aromatic carbocycles. The van der Waals surface area contributed by atoms with E-state index in [4.69, 9.17) is 18.9 Å². The highest BCUT2D eigenvalue weighted by atomic mass is 18.2. The Morgan fingerprint density at radius 3 is 1.79 bits per heavy atom. The minimum Gasteiger partial charge on any atom is -0.491 e. The molecule has 1 rings (SSSR count). The van der Waals surface area contributed by atoms with Crippen LogP contribution in [0, 0.1) is 5.92 Å². The number of amides is 1. The second-order valence-electron chi connectivity index (χ2n) is 12.3. The summed E-state index contributed by atoms with van der Waals surface area (Å²) >= 11 is 0. The maximum Gasteiger partial charge on any atom is 0.408 e. The molecular weight excluding hydrogens is 492 g/mol. The van der Waals surface area contributed by atoms with Crippen LogP contribution in [-0.4, -0.2) is 54.2 Å². The van der Waals surface area contributed by atoms with E-state index in [-0.39, 0.29) is 25.4 Å². The number of hydrogen-bond donors (Lipinski definition) is 1. The minimum absolute atomic E-state index is 0.00376. The van der Waals surface area contributed by atoms with E-state index < -0.39 is 47.5 Å². The molecule has 38 heavy (non-hydrogen) atoms. The number of nitrogens with one attached hydrogen (secondary N) is 1. The summed E-state index contributed by atoms with van der Waals surface area (Å²) in [6.07, 6.45) is 0.745. The Labute approximate surface area is 226 Å². The van der Waals surface area contributed by atoms with Crippen LogP contribution in [0.4, 0.5) is 9.18 Å². The fourth-order valence-electron chi connectivity index (χ4n) is 3.45. The standard InChI is InChI=1S/C29H46FNO7/c1-27(2,3)36-24(32)21(13-10-20-11-15-22(16-12-20)35-19-18-30)14-17-23(25(33)37-28(4,5)6)31-26(34)38-29(7,8)9/h11-12,15-16,21,23H,10,13-14,17-19H2,1-9H3,(H,31,34)/t21?,23-/m0/s1/i30-1. The van der Waals surface area contributed by atoms with Crippen LogP contribution in [0.25, 0.3) is 0 Å². The number of carbonyl (C=O) groups is 3. The highest BCUT2D eigenvalue weighted by molar-refractivity contribution is 5.82. The molecule has 8 nitrogen and oxygen atoms in total. The Kier molecular flexibility index (Phi) is 12.5. The van der Waals surface area contributed by atoms with Gasteiger partial charge in [-0.05, 0) is 106 Å². The molecule has 9 heteroatoms. The zero-order valence-corrected chi connectivity index (χ0v) is 24.4. The molecule has 0 radical (unpaired) electrons. The van der Waals surface area contributed by atoms with Gasteiger partial charge in [-0.1, -0.05) is 12.1 Å². The third-order valence-electron chi connectivity index (χ3n) is 4.98. The molecule has 1 unspecified atom stereocenters. The average molecular weight is 539 g/mol. The number of aryl methyl sites for hydroxylation is 1. The highest BCUT2D eigenvalue weighted by Gasteiger charge is 2.32. The Bertz CT molecular complexity index is 895. The summed E-state index contributed by atoms with van der Waals surface area (Å²) < 4.78 is 34.1. The molecule has 0 bridgehead atoms. The molecule has 0 aromatic heterocycles. The van der Waals surface area contributed by atoms with E-state index in [9.17, 15) is 18.8 Å². The van der Waals surface area contributed by atoms with Crippen LogP contribution >= 0.6 is 0 Å². The SMILES string of the molecule is CC(C)(C)OC(=O)N[C@@H](CCC(CCc1ccc(OCC[18F])cc1)C(=O)OC(C)(C)C)C(=O)OC(C)(C)C. The summed E-state index contributed by atoms with van der Waals surface area (Å²) in [5.41, 5.74) is -1.20. The van der Waals surface area contributed by atoms with E-state index in [0.29, 0.717) is 18.6 Å². The van der Waals surface area contributed by atoms with Crippen LogP contribution in [0.3, 0.4) is 0 Å². The van der Waals surface area contributed by atoms with Gasteiger partial charge in [-0.25, -0.2) is 14.0 Å². The second-order valence-corrected chi connectivity index (χ2v) is 12.3. The molecule has 0 aliphatic heterocycles. The lowest BCUT2D eigenvalue weighted by molar-refractivity contribution is -0.162. The smallest absolute Gasteiger partial charge is 0.408 e. The molecule has 0 fully saturated rings. The maximum atomic E-state index is 13.1. The molecule has 0 saturated heterocycles. The normalized spacial score (nSPS) is 13.7. The molecule has 0 aliphatic carbocycles. The predicted molar refractivity (Wildman–Crippen MR) is 144 cm³/mol. The van der Waals surface area contributed by atoms with E-state index >= 15 is 0 Å². The Morgan fingerprint density at radius 2 is 1.29 bits per heavy atom. The van der Waals surface area contributed by atoms with Crippen molar-refractivity contribution in [2.75, 3.05) is 13.3 Å². The number of esters is 2. The molecule has 0 spiro atoms. The van der Waals surface area contributed by atoms with Crippen molar-refractivity contribution in [3.63, 3.8) is 0 Å². The van der Waals surface area contributed by atoms with Gasteiger partial charge in [-0.3, -0.25) is 4.79 Å². The van der Waals surface area contributed by atoms with Gasteiger partial charge in [-0.2, -0.15) is 0 Å². The lowest BCUT2D eigenvalue weighted by Crippen LogP contribution is -2.46. The van der Waals surface area contributed by atoms with Gasteiger partial charge in [0, 0.05) is 0 Å². The Morgan fingerprint density at radius 1 is 0.763 bits per heavy atom. The van der Waals surface area contributed by atoms with Gasteiger partial charge in [0.15, 0.2) is 0 Å². The van der Waals surface area contributed by atoms with E-state index in [1.165, 1.54) is 0 Å². The molecule has 2 atom stereocenters. The lowest BCUT2D eigenvalue weighted by atomic mass is 9.93. The van der Waals surface area contributed by atoms with Crippen molar-refractivity contribution < 1.29 is 37.7 Å². The average Bonchev–Trinajstić information content (AvgIpc) is 2.73. The van der Waals surface area contributed by atoms with E-state index in [2.05, 4.69) is 5.32 Å². The number of benzene rings is 1. The van der Waals surface area contributed by atoms with Gasteiger partial charge < -0.3 is 24.3 Å². The first kappa shape index (κ1) is 33.2. The summed E-state index contributed by atoms with van der Waals surface area (Å²) in [6.45, 7) is 15.2. The van der Waals surface area contributed by atoms with Crippen molar-refractivity contribution in [2.24, 2.45) is 5.92 Å². The van der Waals surface area contributed by atoms with Gasteiger partial charge >= 0.3 is 18.0 Å². The van der Waals surface area contributed by atoms with E-state index in [0.717, 1.165) is 5.56 Å². The lowest BCUT2D eigenvalue weighted by Gasteiger charge is -2.28. The third kappa shape index (κ3) is 14.8. The second kappa shape index (κ2) is 14.4. The fraction of sp³-hybridized carbons (Fsp3) is 0.690. The monoisotopic (exact) mass is 538 g/mol. The predicted octanol–water partition coefficient (Wildman–Crippen LogP) is 5.94. The number of rotatable bonds is 12. The number of halogens is 1. The molecule has 216 valence electrons. The van der Waals surface area contributed by atoms with Crippen molar-refractivity contribution in [3.05, 3.63) is 29.8 Å². The Balaban J connectivity index is 3.01. The molecule has 0 heterocycles. The highest BCUT2D eigenvalue weighted by Crippen LogP contribution is 2.23. The number of alkyl carbamates (subject to hydrolysis) is 1. The van der Waals surface area contributed by atoms with E-state index in [1.807, 2.05) is 12.1 Å². The van der Waals surface area contributed by atoms with Crippen LogP contribution in [-0.2, 0) is 30.2 Å². The number of hydrogen-bond acceptors (Lipinski definition) is 7. The molecule has 0 saturated carbocycles. The van der Waals surface area contributed by atoms with Crippen molar-refractivity contribution in [2.45, 2.75) is 111 Å². The van der Waals surface area contributed by atoms with Gasteiger partial charge in [0.1, 0.15) is 41.9 Å². The molecule has 1 aromatic rings. The van der Waals surface area contributed by atoms with E-state index in [1.54, 1.807) is 74.4 Å². The summed E-state index contributed by atoms with van der Waals surface area (Å²) in [5.74, 6) is -0.929. The van der Waals surface area contributed by atoms with Crippen molar-refractivity contribution in [3.8, 4) is 5.75 Å². The summed E-state index contributed by atoms with van der Waals surface area (Å²) in [6, 6.07) is 6.26. The van der Waals surface area contributed by atoms with Gasteiger partial charge in [0.05, 0.1) is 5.92 Å². The van der Waals surface area contributed by atoms with Crippen molar-refractivity contribution in [1.82, 2.24) is 5.32 Å². The molecule has 0 aliphatic rings. The van der Waals surface area contributed by atoms with Gasteiger partial charge in [-0.15, -0.1) is 0 Å². The number of ether oxygens (including phenoxy) is 4. The van der Waals surface area contributed by atoms with Crippen LogP contribution in [0.15, 0.2) is 24.3 Å². The van der Waals surface area contributed by atoms with Crippen molar-refractivity contribution >= 4 is 18.0 Å². The first-order chi connectivity index (χ1) is 17.4.